The molecular weight excluding hydrogens is 482 g/mol. The summed E-state index contributed by atoms with van der Waals surface area (Å²) >= 11 is 1.37. The number of aromatic amines is 1. The Morgan fingerprint density at radius 2 is 1.89 bits per heavy atom. The number of fused-ring (bicyclic) bond motifs is 1. The minimum atomic E-state index is -0.870. The van der Waals surface area contributed by atoms with Gasteiger partial charge in [-0.1, -0.05) is 18.2 Å². The number of aromatic nitrogens is 2. The van der Waals surface area contributed by atoms with Gasteiger partial charge in [-0.3, -0.25) is 14.5 Å². The van der Waals surface area contributed by atoms with E-state index in [1.165, 1.54) is 30.5 Å². The molecule has 0 spiro atoms. The van der Waals surface area contributed by atoms with Crippen molar-refractivity contribution in [2.24, 2.45) is 0 Å². The quantitative estimate of drug-likeness (QED) is 0.213. The number of benzene rings is 2. The predicted molar refractivity (Wildman–Crippen MR) is 136 cm³/mol. The standard InChI is InChI=1S/C26H23N3O6S/c1-4-35-15-8-5-7-14(11-15)23(30)21-22(20-9-6-10-36-20)29(25(32)24(21)31)26-27-16-12-18(33-2)19(34-3)13-17(16)28-26/h5-13,22,30H,4H2,1-3H3,(H,27,28)/b23-21+. The van der Waals surface area contributed by atoms with Gasteiger partial charge in [0, 0.05) is 22.6 Å². The number of imidazole rings is 1. The second-order valence-electron chi connectivity index (χ2n) is 7.93. The molecule has 1 amide bonds. The Bertz CT molecular complexity index is 1450. The highest BCUT2D eigenvalue weighted by Crippen LogP contribution is 2.44. The maximum atomic E-state index is 13.4. The molecule has 5 rings (SSSR count). The number of rotatable bonds is 7. The Labute approximate surface area is 210 Å². The summed E-state index contributed by atoms with van der Waals surface area (Å²) in [4.78, 5) is 36.3. The van der Waals surface area contributed by atoms with E-state index in [-0.39, 0.29) is 17.3 Å². The first-order chi connectivity index (χ1) is 17.5. The Kier molecular flexibility index (Phi) is 6.11. The van der Waals surface area contributed by atoms with Crippen LogP contribution in [0.2, 0.25) is 0 Å². The van der Waals surface area contributed by atoms with Gasteiger partial charge in [0.2, 0.25) is 5.95 Å². The van der Waals surface area contributed by atoms with Crippen LogP contribution in [0.4, 0.5) is 5.95 Å². The van der Waals surface area contributed by atoms with Crippen LogP contribution >= 0.6 is 11.3 Å². The van der Waals surface area contributed by atoms with Crippen LogP contribution in [0.25, 0.3) is 16.8 Å². The number of nitrogens with zero attached hydrogens (tertiary/aromatic N) is 2. The highest BCUT2D eigenvalue weighted by molar-refractivity contribution is 7.10. The fraction of sp³-hybridized carbons (Fsp3) is 0.192. The van der Waals surface area contributed by atoms with E-state index in [0.29, 0.717) is 45.3 Å². The molecule has 0 bridgehead atoms. The first-order valence-electron chi connectivity index (χ1n) is 11.2. The largest absolute Gasteiger partial charge is 0.507 e. The van der Waals surface area contributed by atoms with Crippen LogP contribution in [0.3, 0.4) is 0 Å². The second kappa shape index (κ2) is 9.38. The maximum absolute atomic E-state index is 13.4. The van der Waals surface area contributed by atoms with Gasteiger partial charge in [-0.25, -0.2) is 4.98 Å². The normalized spacial score (nSPS) is 17.1. The molecule has 4 aromatic rings. The fourth-order valence-electron chi connectivity index (χ4n) is 4.26. The lowest BCUT2D eigenvalue weighted by atomic mass is 10.00. The van der Waals surface area contributed by atoms with Crippen molar-refractivity contribution in [3.05, 3.63) is 69.9 Å². The summed E-state index contributed by atoms with van der Waals surface area (Å²) in [6, 6.07) is 12.9. The van der Waals surface area contributed by atoms with Crippen LogP contribution in [-0.4, -0.2) is 47.6 Å². The van der Waals surface area contributed by atoms with E-state index in [1.54, 1.807) is 36.4 Å². The van der Waals surface area contributed by atoms with Crippen LogP contribution in [0, 0.1) is 0 Å². The lowest BCUT2D eigenvalue weighted by Gasteiger charge is -2.21. The number of aliphatic hydroxyl groups is 1. The zero-order valence-electron chi connectivity index (χ0n) is 19.8. The molecule has 1 aliphatic heterocycles. The molecular formula is C26H23N3O6S. The van der Waals surface area contributed by atoms with Crippen molar-refractivity contribution >= 4 is 45.8 Å². The predicted octanol–water partition coefficient (Wildman–Crippen LogP) is 4.67. The maximum Gasteiger partial charge on any atom is 0.302 e. The van der Waals surface area contributed by atoms with E-state index in [0.717, 1.165) is 0 Å². The van der Waals surface area contributed by atoms with Gasteiger partial charge in [0.05, 0.1) is 37.4 Å². The first kappa shape index (κ1) is 23.4. The number of thiophene rings is 1. The van der Waals surface area contributed by atoms with Crippen molar-refractivity contribution < 1.29 is 28.9 Å². The number of hydrogen-bond acceptors (Lipinski definition) is 8. The van der Waals surface area contributed by atoms with E-state index in [1.807, 2.05) is 24.4 Å². The van der Waals surface area contributed by atoms with Crippen molar-refractivity contribution in [3.8, 4) is 17.2 Å². The molecule has 1 unspecified atom stereocenters. The average Bonchev–Trinajstić information content (AvgIpc) is 3.61. The van der Waals surface area contributed by atoms with Crippen LogP contribution in [0.1, 0.15) is 23.4 Å². The van der Waals surface area contributed by atoms with Gasteiger partial charge in [-0.2, -0.15) is 0 Å². The molecule has 2 aromatic carbocycles. The van der Waals surface area contributed by atoms with E-state index in [2.05, 4.69) is 9.97 Å². The molecule has 0 saturated carbocycles. The number of ketones is 1. The Morgan fingerprint density at radius 1 is 1.11 bits per heavy atom. The Morgan fingerprint density at radius 3 is 2.58 bits per heavy atom. The number of carbonyl (C=O) groups is 2. The second-order valence-corrected chi connectivity index (χ2v) is 8.91. The number of aliphatic hydroxyl groups excluding tert-OH is 1. The summed E-state index contributed by atoms with van der Waals surface area (Å²) in [5.41, 5.74) is 1.48. The van der Waals surface area contributed by atoms with Crippen LogP contribution < -0.4 is 19.1 Å². The first-order valence-corrected chi connectivity index (χ1v) is 12.0. The van der Waals surface area contributed by atoms with Crippen LogP contribution in [-0.2, 0) is 9.59 Å². The lowest BCUT2D eigenvalue weighted by molar-refractivity contribution is -0.132. The average molecular weight is 506 g/mol. The van der Waals surface area contributed by atoms with E-state index < -0.39 is 17.7 Å². The van der Waals surface area contributed by atoms with Crippen molar-refractivity contribution in [2.45, 2.75) is 13.0 Å². The van der Waals surface area contributed by atoms with Crippen molar-refractivity contribution in [1.82, 2.24) is 9.97 Å². The van der Waals surface area contributed by atoms with Crippen LogP contribution in [0.15, 0.2) is 59.5 Å². The van der Waals surface area contributed by atoms with Crippen molar-refractivity contribution in [3.63, 3.8) is 0 Å². The van der Waals surface area contributed by atoms with Crippen molar-refractivity contribution in [2.75, 3.05) is 25.7 Å². The molecule has 9 nitrogen and oxygen atoms in total. The molecule has 3 heterocycles. The minimum Gasteiger partial charge on any atom is -0.507 e. The van der Waals surface area contributed by atoms with Gasteiger partial charge < -0.3 is 24.3 Å². The molecule has 0 radical (unpaired) electrons. The van der Waals surface area contributed by atoms with E-state index >= 15 is 0 Å². The summed E-state index contributed by atoms with van der Waals surface area (Å²) in [5, 5.41) is 13.1. The number of amides is 1. The smallest absolute Gasteiger partial charge is 0.302 e. The number of Topliss-reactive ketones (excluding diaryl/α,β-unsaturated/α-hetero) is 1. The van der Waals surface area contributed by atoms with Crippen LogP contribution in [0.5, 0.6) is 17.2 Å². The molecule has 1 aliphatic rings. The number of H-pyrrole nitrogens is 1. The summed E-state index contributed by atoms with van der Waals surface area (Å²) in [7, 11) is 3.05. The molecule has 1 fully saturated rings. The number of hydrogen-bond donors (Lipinski definition) is 2. The van der Waals surface area contributed by atoms with Gasteiger partial charge in [0.15, 0.2) is 11.5 Å². The molecule has 1 atom stereocenters. The molecule has 10 heteroatoms. The number of methoxy groups -OCH3 is 2. The third-order valence-corrected chi connectivity index (χ3v) is 6.80. The zero-order chi connectivity index (χ0) is 25.4. The minimum absolute atomic E-state index is 0.0216. The highest BCUT2D eigenvalue weighted by atomic mass is 32.1. The fourth-order valence-corrected chi connectivity index (χ4v) is 5.08. The Hall–Kier alpha value is -4.31. The third kappa shape index (κ3) is 3.85. The summed E-state index contributed by atoms with van der Waals surface area (Å²) < 4.78 is 16.3. The van der Waals surface area contributed by atoms with Crippen molar-refractivity contribution in [1.29, 1.82) is 0 Å². The summed E-state index contributed by atoms with van der Waals surface area (Å²) in [6.07, 6.45) is 0. The monoisotopic (exact) mass is 505 g/mol. The lowest BCUT2D eigenvalue weighted by Crippen LogP contribution is -2.30. The highest BCUT2D eigenvalue weighted by Gasteiger charge is 2.48. The van der Waals surface area contributed by atoms with Gasteiger partial charge in [0.1, 0.15) is 17.6 Å². The molecule has 184 valence electrons. The Balaban J connectivity index is 1.67. The number of nitrogens with one attached hydrogen (secondary N) is 1. The number of ether oxygens (including phenoxy) is 3. The SMILES string of the molecule is CCOc1cccc(/C(O)=C2\C(=O)C(=O)N(c3nc4cc(OC)c(OC)cc4[nH]3)C2c2cccs2)c1. The topological polar surface area (TPSA) is 114 Å². The third-order valence-electron chi connectivity index (χ3n) is 5.88. The van der Waals surface area contributed by atoms with E-state index in [4.69, 9.17) is 14.2 Å². The molecule has 36 heavy (non-hydrogen) atoms. The van der Waals surface area contributed by atoms with Gasteiger partial charge in [-0.15, -0.1) is 11.3 Å². The summed E-state index contributed by atoms with van der Waals surface area (Å²) in [6.45, 7) is 2.30. The summed E-state index contributed by atoms with van der Waals surface area (Å²) in [5.74, 6) is -0.195. The van der Waals surface area contributed by atoms with E-state index in [9.17, 15) is 14.7 Å². The number of carbonyl (C=O) groups excluding carboxylic acids is 2. The van der Waals surface area contributed by atoms with Gasteiger partial charge in [0.25, 0.3) is 5.78 Å². The zero-order valence-corrected chi connectivity index (χ0v) is 20.6. The molecule has 2 aromatic heterocycles. The van der Waals surface area contributed by atoms with Gasteiger partial charge in [-0.05, 0) is 30.5 Å². The number of anilines is 1. The molecule has 0 aliphatic carbocycles. The molecule has 2 N–H and O–H groups in total. The van der Waals surface area contributed by atoms with Gasteiger partial charge >= 0.3 is 5.91 Å². The molecule has 1 saturated heterocycles.